The van der Waals surface area contributed by atoms with E-state index in [1.807, 2.05) is 6.92 Å². The van der Waals surface area contributed by atoms with Crippen LogP contribution in [-0.4, -0.2) is 29.6 Å². The first kappa shape index (κ1) is 15.6. The Hall–Kier alpha value is -2.83. The van der Waals surface area contributed by atoms with Crippen LogP contribution in [0.15, 0.2) is 30.6 Å². The molecule has 1 heterocycles. The molecule has 0 radical (unpaired) electrons. The molecule has 7 nitrogen and oxygen atoms in total. The molecule has 1 aromatic heterocycles. The fraction of sp³-hybridized carbons (Fsp3) is 0.267. The molecule has 0 saturated carbocycles. The van der Waals surface area contributed by atoms with Crippen molar-refractivity contribution < 1.29 is 14.3 Å². The van der Waals surface area contributed by atoms with Crippen molar-refractivity contribution in [2.45, 2.75) is 13.3 Å². The van der Waals surface area contributed by atoms with Crippen LogP contribution in [0.3, 0.4) is 0 Å². The summed E-state index contributed by atoms with van der Waals surface area (Å²) in [6.45, 7) is 2.80. The van der Waals surface area contributed by atoms with Crippen molar-refractivity contribution in [2.24, 2.45) is 0 Å². The van der Waals surface area contributed by atoms with E-state index in [0.717, 1.165) is 13.0 Å². The summed E-state index contributed by atoms with van der Waals surface area (Å²) in [5, 5.41) is 3.10. The second kappa shape index (κ2) is 7.26. The van der Waals surface area contributed by atoms with Gasteiger partial charge in [-0.2, -0.15) is 4.98 Å². The van der Waals surface area contributed by atoms with Crippen LogP contribution in [0.4, 0.5) is 11.5 Å². The van der Waals surface area contributed by atoms with Gasteiger partial charge in [-0.15, -0.1) is 0 Å². The van der Waals surface area contributed by atoms with Gasteiger partial charge in [0.2, 0.25) is 5.88 Å². The summed E-state index contributed by atoms with van der Waals surface area (Å²) in [7, 11) is 1.33. The van der Waals surface area contributed by atoms with Gasteiger partial charge in [0.05, 0.1) is 12.7 Å². The summed E-state index contributed by atoms with van der Waals surface area (Å²) in [5.41, 5.74) is 6.77. The first-order chi connectivity index (χ1) is 10.7. The van der Waals surface area contributed by atoms with Crippen LogP contribution < -0.4 is 15.8 Å². The van der Waals surface area contributed by atoms with E-state index < -0.39 is 5.97 Å². The van der Waals surface area contributed by atoms with Crippen molar-refractivity contribution in [3.63, 3.8) is 0 Å². The Balaban J connectivity index is 2.15. The third kappa shape index (κ3) is 3.63. The van der Waals surface area contributed by atoms with Gasteiger partial charge >= 0.3 is 5.97 Å². The second-order valence-corrected chi connectivity index (χ2v) is 4.49. The van der Waals surface area contributed by atoms with Gasteiger partial charge in [0.1, 0.15) is 17.8 Å². The standard InChI is InChI=1S/C15H18N4O3/c1-3-8-17-13-12(16)14(19-9-18-13)22-11-6-4-10(5-7-11)15(20)21-2/h4-7,9H,3,8,16H2,1-2H3,(H,17,18,19). The summed E-state index contributed by atoms with van der Waals surface area (Å²) >= 11 is 0. The van der Waals surface area contributed by atoms with Gasteiger partial charge in [-0.3, -0.25) is 0 Å². The highest BCUT2D eigenvalue weighted by atomic mass is 16.5. The molecule has 1 aromatic carbocycles. The lowest BCUT2D eigenvalue weighted by atomic mass is 10.2. The number of hydrogen-bond donors (Lipinski definition) is 2. The number of nitrogen functional groups attached to an aromatic ring is 1. The van der Waals surface area contributed by atoms with E-state index in [-0.39, 0.29) is 5.88 Å². The van der Waals surface area contributed by atoms with Crippen molar-refractivity contribution in [3.8, 4) is 11.6 Å². The zero-order valence-electron chi connectivity index (χ0n) is 12.5. The highest BCUT2D eigenvalue weighted by Gasteiger charge is 2.11. The Kier molecular flexibility index (Phi) is 5.13. The van der Waals surface area contributed by atoms with E-state index in [0.29, 0.717) is 22.8 Å². The molecule has 116 valence electrons. The molecule has 0 atom stereocenters. The zero-order valence-corrected chi connectivity index (χ0v) is 12.5. The summed E-state index contributed by atoms with van der Waals surface area (Å²) in [6, 6.07) is 6.50. The number of benzene rings is 1. The van der Waals surface area contributed by atoms with Crippen LogP contribution in [0.2, 0.25) is 0 Å². The maximum absolute atomic E-state index is 11.4. The van der Waals surface area contributed by atoms with E-state index in [4.69, 9.17) is 10.5 Å². The molecule has 0 aliphatic carbocycles. The molecular formula is C15H18N4O3. The fourth-order valence-electron chi connectivity index (χ4n) is 1.73. The van der Waals surface area contributed by atoms with E-state index in [2.05, 4.69) is 20.0 Å². The molecule has 7 heteroatoms. The van der Waals surface area contributed by atoms with Gasteiger partial charge in [-0.1, -0.05) is 6.92 Å². The van der Waals surface area contributed by atoms with Crippen molar-refractivity contribution in [1.82, 2.24) is 9.97 Å². The first-order valence-electron chi connectivity index (χ1n) is 6.86. The lowest BCUT2D eigenvalue weighted by molar-refractivity contribution is 0.0600. The Morgan fingerprint density at radius 3 is 2.64 bits per heavy atom. The second-order valence-electron chi connectivity index (χ2n) is 4.49. The van der Waals surface area contributed by atoms with Crippen molar-refractivity contribution in [1.29, 1.82) is 0 Å². The number of aromatic nitrogens is 2. The van der Waals surface area contributed by atoms with Crippen LogP contribution in [-0.2, 0) is 4.74 Å². The van der Waals surface area contributed by atoms with Crippen LogP contribution in [0.25, 0.3) is 0 Å². The van der Waals surface area contributed by atoms with Gasteiger partial charge in [-0.05, 0) is 30.7 Å². The lowest BCUT2D eigenvalue weighted by Gasteiger charge is -2.11. The number of nitrogens with one attached hydrogen (secondary N) is 1. The average Bonchev–Trinajstić information content (AvgIpc) is 2.55. The monoisotopic (exact) mass is 302 g/mol. The third-order valence-corrected chi connectivity index (χ3v) is 2.88. The summed E-state index contributed by atoms with van der Waals surface area (Å²) in [6.07, 6.45) is 2.33. The van der Waals surface area contributed by atoms with Gasteiger partial charge in [0, 0.05) is 6.54 Å². The number of esters is 1. The Labute approximate surface area is 128 Å². The van der Waals surface area contributed by atoms with E-state index in [1.165, 1.54) is 13.4 Å². The summed E-state index contributed by atoms with van der Waals surface area (Å²) in [4.78, 5) is 19.5. The molecule has 0 fully saturated rings. The van der Waals surface area contributed by atoms with Gasteiger partial charge < -0.3 is 20.5 Å². The van der Waals surface area contributed by atoms with Gasteiger partial charge in [-0.25, -0.2) is 9.78 Å². The number of carbonyl (C=O) groups excluding carboxylic acids is 1. The molecule has 0 spiro atoms. The Morgan fingerprint density at radius 2 is 2.00 bits per heavy atom. The van der Waals surface area contributed by atoms with Crippen LogP contribution in [0.1, 0.15) is 23.7 Å². The maximum Gasteiger partial charge on any atom is 0.337 e. The predicted octanol–water partition coefficient (Wildman–Crippen LogP) is 2.46. The molecule has 0 aliphatic rings. The SMILES string of the molecule is CCCNc1ncnc(Oc2ccc(C(=O)OC)cc2)c1N. The van der Waals surface area contributed by atoms with E-state index in [9.17, 15) is 4.79 Å². The number of nitrogens with two attached hydrogens (primary N) is 1. The molecule has 3 N–H and O–H groups in total. The molecule has 0 aliphatic heterocycles. The summed E-state index contributed by atoms with van der Waals surface area (Å²) in [5.74, 6) is 0.913. The minimum atomic E-state index is -0.404. The molecular weight excluding hydrogens is 284 g/mol. The maximum atomic E-state index is 11.4. The van der Waals surface area contributed by atoms with Crippen LogP contribution >= 0.6 is 0 Å². The molecule has 0 bridgehead atoms. The number of anilines is 2. The Morgan fingerprint density at radius 1 is 1.27 bits per heavy atom. The topological polar surface area (TPSA) is 99.4 Å². The number of nitrogens with zero attached hydrogens (tertiary/aromatic N) is 2. The number of hydrogen-bond acceptors (Lipinski definition) is 7. The largest absolute Gasteiger partial charge is 0.465 e. The normalized spacial score (nSPS) is 10.1. The fourth-order valence-corrected chi connectivity index (χ4v) is 1.73. The minimum absolute atomic E-state index is 0.263. The Bertz CT molecular complexity index is 644. The van der Waals surface area contributed by atoms with Crippen molar-refractivity contribution in [3.05, 3.63) is 36.2 Å². The highest BCUT2D eigenvalue weighted by molar-refractivity contribution is 5.89. The molecule has 22 heavy (non-hydrogen) atoms. The molecule has 0 amide bonds. The third-order valence-electron chi connectivity index (χ3n) is 2.88. The quantitative estimate of drug-likeness (QED) is 0.790. The number of carbonyl (C=O) groups is 1. The molecule has 2 aromatic rings. The molecule has 0 saturated heterocycles. The van der Waals surface area contributed by atoms with Gasteiger partial charge in [0.15, 0.2) is 5.82 Å². The van der Waals surface area contributed by atoms with Crippen molar-refractivity contribution in [2.75, 3.05) is 24.7 Å². The number of rotatable bonds is 6. The molecule has 2 rings (SSSR count). The number of methoxy groups -OCH3 is 1. The van der Waals surface area contributed by atoms with Gasteiger partial charge in [0.25, 0.3) is 0 Å². The minimum Gasteiger partial charge on any atom is -0.465 e. The van der Waals surface area contributed by atoms with Crippen molar-refractivity contribution >= 4 is 17.5 Å². The lowest BCUT2D eigenvalue weighted by Crippen LogP contribution is -2.07. The predicted molar refractivity (Wildman–Crippen MR) is 83.1 cm³/mol. The number of ether oxygens (including phenoxy) is 2. The first-order valence-corrected chi connectivity index (χ1v) is 6.86. The highest BCUT2D eigenvalue weighted by Crippen LogP contribution is 2.29. The zero-order chi connectivity index (χ0) is 15.9. The van der Waals surface area contributed by atoms with E-state index >= 15 is 0 Å². The van der Waals surface area contributed by atoms with Crippen LogP contribution in [0.5, 0.6) is 11.6 Å². The smallest absolute Gasteiger partial charge is 0.337 e. The van der Waals surface area contributed by atoms with E-state index in [1.54, 1.807) is 24.3 Å². The molecule has 0 unspecified atom stereocenters. The van der Waals surface area contributed by atoms with Crippen LogP contribution in [0, 0.1) is 0 Å². The summed E-state index contributed by atoms with van der Waals surface area (Å²) < 4.78 is 10.3. The average molecular weight is 302 g/mol.